The van der Waals surface area contributed by atoms with E-state index in [1.54, 1.807) is 0 Å². The van der Waals surface area contributed by atoms with Crippen LogP contribution in [-0.4, -0.2) is 6.71 Å². The molecule has 0 atom stereocenters. The van der Waals surface area contributed by atoms with Crippen molar-refractivity contribution in [2.24, 2.45) is 0 Å². The first kappa shape index (κ1) is 46.1. The number of anilines is 6. The summed E-state index contributed by atoms with van der Waals surface area (Å²) in [5, 5.41) is 2.42. The molecular formula is C67H73BN2O. The summed E-state index contributed by atoms with van der Waals surface area (Å²) in [5.74, 6) is 0. The minimum atomic E-state index is -0.103. The predicted molar refractivity (Wildman–Crippen MR) is 306 cm³/mol. The highest BCUT2D eigenvalue weighted by Gasteiger charge is 2.49. The third-order valence-electron chi connectivity index (χ3n) is 17.9. The molecule has 8 aromatic rings. The molecule has 2 aliphatic heterocycles. The summed E-state index contributed by atoms with van der Waals surface area (Å²) in [7, 11) is 0. The molecule has 360 valence electrons. The van der Waals surface area contributed by atoms with Crippen molar-refractivity contribution < 1.29 is 4.42 Å². The van der Waals surface area contributed by atoms with E-state index in [1.807, 2.05) is 0 Å². The fourth-order valence-corrected chi connectivity index (χ4v) is 13.5. The second kappa shape index (κ2) is 15.0. The summed E-state index contributed by atoms with van der Waals surface area (Å²) in [6.07, 6.45) is 4.66. The topological polar surface area (TPSA) is 19.6 Å². The van der Waals surface area contributed by atoms with E-state index in [0.29, 0.717) is 0 Å². The van der Waals surface area contributed by atoms with Crippen molar-refractivity contribution in [3.05, 3.63) is 160 Å². The van der Waals surface area contributed by atoms with Crippen molar-refractivity contribution in [3.8, 4) is 11.1 Å². The van der Waals surface area contributed by atoms with E-state index < -0.39 is 0 Å². The lowest BCUT2D eigenvalue weighted by atomic mass is 9.33. The van der Waals surface area contributed by atoms with Gasteiger partial charge >= 0.3 is 0 Å². The molecule has 4 heteroatoms. The fourth-order valence-electron chi connectivity index (χ4n) is 13.5. The molecule has 7 aromatic carbocycles. The van der Waals surface area contributed by atoms with Crippen LogP contribution in [-0.2, 0) is 32.5 Å². The van der Waals surface area contributed by atoms with Crippen molar-refractivity contribution in [2.75, 3.05) is 9.80 Å². The molecule has 0 saturated heterocycles. The Morgan fingerprint density at radius 1 is 0.493 bits per heavy atom. The average Bonchev–Trinajstić information content (AvgIpc) is 3.70. The maximum absolute atomic E-state index is 7.46. The van der Waals surface area contributed by atoms with Crippen molar-refractivity contribution >= 4 is 79.2 Å². The molecule has 0 saturated carbocycles. The largest absolute Gasteiger partial charge is 0.457 e. The first-order chi connectivity index (χ1) is 33.4. The highest BCUT2D eigenvalue weighted by molar-refractivity contribution is 7.01. The zero-order valence-corrected chi connectivity index (χ0v) is 45.3. The quantitative estimate of drug-likeness (QED) is 0.165. The van der Waals surface area contributed by atoms with Crippen LogP contribution >= 0.6 is 0 Å². The highest BCUT2D eigenvalue weighted by atomic mass is 16.3. The monoisotopic (exact) mass is 933 g/mol. The van der Waals surface area contributed by atoms with E-state index in [-0.39, 0.29) is 39.2 Å². The van der Waals surface area contributed by atoms with Crippen LogP contribution in [0, 0.1) is 6.92 Å². The van der Waals surface area contributed by atoms with Crippen LogP contribution in [0.5, 0.6) is 0 Å². The van der Waals surface area contributed by atoms with Gasteiger partial charge < -0.3 is 14.2 Å². The van der Waals surface area contributed by atoms with Crippen molar-refractivity contribution in [1.29, 1.82) is 0 Å². The van der Waals surface area contributed by atoms with Gasteiger partial charge in [0, 0.05) is 44.8 Å². The van der Waals surface area contributed by atoms with Crippen LogP contribution in [0.2, 0.25) is 0 Å². The highest BCUT2D eigenvalue weighted by Crippen LogP contribution is 2.54. The van der Waals surface area contributed by atoms with Gasteiger partial charge in [-0.1, -0.05) is 158 Å². The Bertz CT molecular complexity index is 3530. The number of rotatable bonds is 3. The average molecular weight is 933 g/mol. The zero-order chi connectivity index (χ0) is 50.1. The Morgan fingerprint density at radius 3 is 1.75 bits per heavy atom. The zero-order valence-electron chi connectivity index (χ0n) is 45.3. The predicted octanol–water partition coefficient (Wildman–Crippen LogP) is 16.9. The summed E-state index contributed by atoms with van der Waals surface area (Å²) >= 11 is 0. The lowest BCUT2D eigenvalue weighted by Crippen LogP contribution is -2.62. The van der Waals surface area contributed by atoms with Gasteiger partial charge in [0.25, 0.3) is 6.71 Å². The second-order valence-corrected chi connectivity index (χ2v) is 26.8. The number of benzene rings is 7. The molecule has 0 fully saturated rings. The van der Waals surface area contributed by atoms with Crippen molar-refractivity contribution in [2.45, 2.75) is 162 Å². The third kappa shape index (κ3) is 6.89. The molecule has 0 bridgehead atoms. The van der Waals surface area contributed by atoms with Crippen LogP contribution in [0.15, 0.2) is 126 Å². The van der Waals surface area contributed by atoms with E-state index in [4.69, 9.17) is 4.42 Å². The standard InChI is InChI=1S/C67H73BN2O/c1-40-34-55-59-56(35-40)70(52-28-24-42(62(2,3)4)36-45(52)41-20-17-16-18-21-41)53-29-26-44-58-47(63(5,6)7)22-19-23-57(58)71-61(44)60(53)68(59)51-38-49-50(67(14,15)33-32-66(49,12)13)39-54(51)69(55)43-25-27-46-48(37-43)65(10,11)31-30-64(46,8)9/h16-29,34-39H,30-33H2,1-15H3. The first-order valence-corrected chi connectivity index (χ1v) is 26.6. The Balaban J connectivity index is 1.25. The molecule has 0 amide bonds. The summed E-state index contributed by atoms with van der Waals surface area (Å²) < 4.78 is 7.46. The van der Waals surface area contributed by atoms with Gasteiger partial charge in [-0.05, 0) is 187 Å². The van der Waals surface area contributed by atoms with Gasteiger partial charge in [0.1, 0.15) is 11.2 Å². The first-order valence-electron chi connectivity index (χ1n) is 26.6. The molecule has 3 heterocycles. The summed E-state index contributed by atoms with van der Waals surface area (Å²) in [5.41, 5.74) is 25.6. The van der Waals surface area contributed by atoms with E-state index in [0.717, 1.165) is 24.0 Å². The maximum Gasteiger partial charge on any atom is 0.257 e. The van der Waals surface area contributed by atoms with Gasteiger partial charge in [0.15, 0.2) is 0 Å². The molecule has 12 rings (SSSR count). The fraction of sp³-hybridized carbons (Fsp3) is 0.373. The maximum atomic E-state index is 7.46. The van der Waals surface area contributed by atoms with Gasteiger partial charge in [0.05, 0.1) is 5.69 Å². The molecule has 2 aliphatic carbocycles. The van der Waals surface area contributed by atoms with E-state index >= 15 is 0 Å². The van der Waals surface area contributed by atoms with Gasteiger partial charge in [-0.15, -0.1) is 0 Å². The number of hydrogen-bond donors (Lipinski definition) is 0. The Labute approximate surface area is 424 Å². The van der Waals surface area contributed by atoms with Crippen LogP contribution in [0.3, 0.4) is 0 Å². The SMILES string of the molecule is Cc1cc2c3c(c1)N(c1ccc(C(C)(C)C)cc1-c1ccccc1)c1ccc4c(oc5cccc(C(C)(C)C)c54)c1B3c1cc3c(cc1N2c1ccc2c(c1)C(C)(C)CCC2(C)C)C(C)(C)CCC3(C)C. The number of furan rings is 1. The van der Waals surface area contributed by atoms with E-state index in [9.17, 15) is 0 Å². The molecule has 0 spiro atoms. The number of fused-ring (bicyclic) bond motifs is 10. The van der Waals surface area contributed by atoms with Gasteiger partial charge in [-0.25, -0.2) is 0 Å². The Hall–Kier alpha value is -6.00. The number of nitrogens with zero attached hydrogens (tertiary/aromatic N) is 2. The van der Waals surface area contributed by atoms with Crippen LogP contribution in [0.1, 0.15) is 162 Å². The Kier molecular flexibility index (Phi) is 9.76. The van der Waals surface area contributed by atoms with Gasteiger partial charge in [-0.2, -0.15) is 0 Å². The van der Waals surface area contributed by atoms with Crippen LogP contribution in [0.25, 0.3) is 33.1 Å². The lowest BCUT2D eigenvalue weighted by Gasteiger charge is -2.48. The van der Waals surface area contributed by atoms with E-state index in [1.165, 1.54) is 124 Å². The summed E-state index contributed by atoms with van der Waals surface area (Å²) in [6.45, 7) is 35.9. The summed E-state index contributed by atoms with van der Waals surface area (Å²) in [6, 6.07) is 47.6. The van der Waals surface area contributed by atoms with Crippen molar-refractivity contribution in [3.63, 3.8) is 0 Å². The minimum absolute atomic E-state index is 0.0123. The lowest BCUT2D eigenvalue weighted by molar-refractivity contribution is 0.332. The molecule has 4 aliphatic rings. The van der Waals surface area contributed by atoms with Gasteiger partial charge in [0.2, 0.25) is 0 Å². The molecular weight excluding hydrogens is 860 g/mol. The smallest absolute Gasteiger partial charge is 0.257 e. The molecule has 71 heavy (non-hydrogen) atoms. The van der Waals surface area contributed by atoms with Crippen molar-refractivity contribution in [1.82, 2.24) is 0 Å². The normalized spacial score (nSPS) is 18.2. The molecule has 3 nitrogen and oxygen atoms in total. The molecule has 1 aromatic heterocycles. The van der Waals surface area contributed by atoms with E-state index in [2.05, 4.69) is 235 Å². The van der Waals surface area contributed by atoms with Crippen LogP contribution < -0.4 is 26.2 Å². The third-order valence-corrected chi connectivity index (χ3v) is 17.9. The minimum Gasteiger partial charge on any atom is -0.457 e. The second-order valence-electron chi connectivity index (χ2n) is 26.8. The number of aryl methyl sites for hydroxylation is 1. The van der Waals surface area contributed by atoms with Crippen LogP contribution in [0.4, 0.5) is 34.1 Å². The molecule has 0 unspecified atom stereocenters. The van der Waals surface area contributed by atoms with Gasteiger partial charge in [-0.3, -0.25) is 0 Å². The molecule has 0 N–H and O–H groups in total. The summed E-state index contributed by atoms with van der Waals surface area (Å²) in [4.78, 5) is 5.31. The number of hydrogen-bond acceptors (Lipinski definition) is 3. The molecule has 0 radical (unpaired) electrons. The Morgan fingerprint density at radius 2 is 1.10 bits per heavy atom.